The van der Waals surface area contributed by atoms with Crippen molar-refractivity contribution in [2.75, 3.05) is 0 Å². The van der Waals surface area contributed by atoms with E-state index in [1.54, 1.807) is 38.2 Å². The van der Waals surface area contributed by atoms with Gasteiger partial charge in [-0.15, -0.1) is 0 Å². The number of benzene rings is 2. The van der Waals surface area contributed by atoms with E-state index in [0.29, 0.717) is 34.5 Å². The number of unbranched alkanes of at least 4 members (excludes halogenated alkanes) is 1. The van der Waals surface area contributed by atoms with Gasteiger partial charge in [0.1, 0.15) is 5.76 Å². The highest BCUT2D eigenvalue weighted by Gasteiger charge is 2.32. The molecule has 48 heavy (non-hydrogen) atoms. The smallest absolute Gasteiger partial charge is 0.158 e. The lowest BCUT2D eigenvalue weighted by Gasteiger charge is -2.29. The highest BCUT2D eigenvalue weighted by Crippen LogP contribution is 2.41. The molecule has 0 aliphatic heterocycles. The van der Waals surface area contributed by atoms with Crippen molar-refractivity contribution in [3.63, 3.8) is 0 Å². The summed E-state index contributed by atoms with van der Waals surface area (Å²) in [6.45, 7) is 8.05. The van der Waals surface area contributed by atoms with Gasteiger partial charge in [0.25, 0.3) is 0 Å². The lowest BCUT2D eigenvalue weighted by atomic mass is 9.77. The molecular weight excluding hydrogens is 596 g/mol. The minimum atomic E-state index is -0.996. The molecule has 0 spiro atoms. The Labute approximate surface area is 284 Å². The highest BCUT2D eigenvalue weighted by molar-refractivity contribution is 5.84. The molecule has 3 aromatic rings. The molecule has 0 radical (unpaired) electrons. The molecule has 2 aromatic carbocycles. The average Bonchev–Trinajstić information content (AvgIpc) is 3.11. The number of aliphatic hydroxyl groups is 4. The first-order chi connectivity index (χ1) is 23.2. The van der Waals surface area contributed by atoms with Gasteiger partial charge < -0.3 is 20.4 Å². The van der Waals surface area contributed by atoms with Crippen LogP contribution < -0.4 is 0 Å². The maximum absolute atomic E-state index is 11.3. The normalized spacial score (nSPS) is 24.5. The molecule has 0 saturated heterocycles. The Morgan fingerprint density at radius 3 is 2.46 bits per heavy atom. The second-order valence-electron chi connectivity index (χ2n) is 13.8. The van der Waals surface area contributed by atoms with Crippen molar-refractivity contribution in [2.45, 2.75) is 84.3 Å². The highest BCUT2D eigenvalue weighted by atomic mass is 16.3. The summed E-state index contributed by atoms with van der Waals surface area (Å²) in [5.74, 6) is 0.478. The molecule has 250 valence electrons. The van der Waals surface area contributed by atoms with Crippen molar-refractivity contribution >= 4 is 11.1 Å². The summed E-state index contributed by atoms with van der Waals surface area (Å²) in [5, 5.41) is 43.3. The SMILES string of the molecule is CCCCC(CC)C[C@@H]1C=C(c2cc(C3C=CC(O)=C(C)C3O)nc(C3=CC=C(O)C(C)C3O)n2)c2cc(-c3ccccc3)ccc2C1. The molecule has 5 unspecified atom stereocenters. The van der Waals surface area contributed by atoms with Crippen molar-refractivity contribution in [2.24, 2.45) is 17.8 Å². The van der Waals surface area contributed by atoms with Crippen molar-refractivity contribution in [1.29, 1.82) is 0 Å². The monoisotopic (exact) mass is 644 g/mol. The van der Waals surface area contributed by atoms with Crippen LogP contribution in [0, 0.1) is 17.8 Å². The summed E-state index contributed by atoms with van der Waals surface area (Å²) < 4.78 is 0. The van der Waals surface area contributed by atoms with E-state index in [2.05, 4.69) is 62.4 Å². The standard InChI is InChI=1S/C42H48N2O4/c1-5-7-11-27(6-2)20-28-21-31-15-14-30(29-12-9-8-10-13-29)23-34(31)35(22-28)37-24-36(32-16-18-38(45)25(3)40(32)47)43-42(44-37)33-17-19-39(46)26(4)41(33)48/h8-10,12-19,22-24,26-28,32,40-41,45-48H,5-7,11,20-21H2,1-4H3/t26?,27?,28-,32?,40?,41?/m0/s1. The molecule has 6 atom stereocenters. The van der Waals surface area contributed by atoms with Crippen LogP contribution in [0.2, 0.25) is 0 Å². The molecule has 1 aromatic heterocycles. The van der Waals surface area contributed by atoms with E-state index in [-0.39, 0.29) is 11.5 Å². The van der Waals surface area contributed by atoms with Gasteiger partial charge in [-0.1, -0.05) is 101 Å². The van der Waals surface area contributed by atoms with Crippen LogP contribution >= 0.6 is 0 Å². The lowest BCUT2D eigenvalue weighted by Crippen LogP contribution is -2.27. The largest absolute Gasteiger partial charge is 0.512 e. The van der Waals surface area contributed by atoms with Crippen LogP contribution in [0.1, 0.15) is 94.1 Å². The Bertz CT molecular complexity index is 1800. The second-order valence-corrected chi connectivity index (χ2v) is 13.8. The first-order valence-corrected chi connectivity index (χ1v) is 17.5. The summed E-state index contributed by atoms with van der Waals surface area (Å²) >= 11 is 0. The number of rotatable bonds is 10. The van der Waals surface area contributed by atoms with Crippen molar-refractivity contribution in [1.82, 2.24) is 9.97 Å². The van der Waals surface area contributed by atoms with E-state index in [1.807, 2.05) is 12.1 Å². The van der Waals surface area contributed by atoms with E-state index >= 15 is 0 Å². The van der Waals surface area contributed by atoms with E-state index < -0.39 is 24.0 Å². The van der Waals surface area contributed by atoms with Gasteiger partial charge in [-0.3, -0.25) is 0 Å². The van der Waals surface area contributed by atoms with Gasteiger partial charge in [0.2, 0.25) is 0 Å². The summed E-state index contributed by atoms with van der Waals surface area (Å²) in [6, 6.07) is 19.1. The molecule has 6 heteroatoms. The fraction of sp³-hybridized carbons (Fsp3) is 0.381. The molecule has 4 N–H and O–H groups in total. The quantitative estimate of drug-likeness (QED) is 0.175. The number of aromatic nitrogens is 2. The predicted molar refractivity (Wildman–Crippen MR) is 193 cm³/mol. The zero-order valence-corrected chi connectivity index (χ0v) is 28.5. The van der Waals surface area contributed by atoms with E-state index in [4.69, 9.17) is 9.97 Å². The molecule has 0 amide bonds. The third-order valence-corrected chi connectivity index (χ3v) is 10.5. The molecular formula is C42H48N2O4. The summed E-state index contributed by atoms with van der Waals surface area (Å²) in [6.07, 6.45) is 14.0. The van der Waals surface area contributed by atoms with Crippen molar-refractivity contribution in [3.8, 4) is 11.1 Å². The Hall–Kier alpha value is -4.26. The summed E-state index contributed by atoms with van der Waals surface area (Å²) in [4.78, 5) is 10.1. The number of fused-ring (bicyclic) bond motifs is 1. The number of hydrogen-bond donors (Lipinski definition) is 4. The molecule has 1 heterocycles. The molecule has 0 bridgehead atoms. The van der Waals surface area contributed by atoms with Gasteiger partial charge in [-0.25, -0.2) is 9.97 Å². The maximum atomic E-state index is 11.3. The zero-order chi connectivity index (χ0) is 33.9. The zero-order valence-electron chi connectivity index (χ0n) is 28.5. The van der Waals surface area contributed by atoms with E-state index in [1.165, 1.54) is 24.8 Å². The molecule has 3 aliphatic rings. The van der Waals surface area contributed by atoms with Crippen molar-refractivity contribution in [3.05, 3.63) is 130 Å². The number of allylic oxidation sites excluding steroid dienone is 4. The lowest BCUT2D eigenvalue weighted by molar-refractivity contribution is 0.156. The van der Waals surface area contributed by atoms with Crippen LogP contribution in [0.5, 0.6) is 0 Å². The molecule has 6 nitrogen and oxygen atoms in total. The Morgan fingerprint density at radius 1 is 0.917 bits per heavy atom. The Kier molecular flexibility index (Phi) is 10.1. The van der Waals surface area contributed by atoms with Crippen LogP contribution in [-0.2, 0) is 6.42 Å². The first kappa shape index (κ1) is 33.6. The van der Waals surface area contributed by atoms with Gasteiger partial charge in [0.05, 0.1) is 29.4 Å². The van der Waals surface area contributed by atoms with Crippen LogP contribution in [0.15, 0.2) is 102 Å². The van der Waals surface area contributed by atoms with Crippen LogP contribution in [0.4, 0.5) is 0 Å². The topological polar surface area (TPSA) is 107 Å². The second kappa shape index (κ2) is 14.5. The Balaban J connectivity index is 1.53. The molecule has 0 saturated carbocycles. The first-order valence-electron chi connectivity index (χ1n) is 17.5. The fourth-order valence-electron chi connectivity index (χ4n) is 7.35. The molecule has 6 rings (SSSR count). The van der Waals surface area contributed by atoms with Gasteiger partial charge in [-0.05, 0) is 89.8 Å². The number of aliphatic hydroxyl groups excluding tert-OH is 4. The number of hydrogen-bond acceptors (Lipinski definition) is 6. The maximum Gasteiger partial charge on any atom is 0.158 e. The third-order valence-electron chi connectivity index (χ3n) is 10.5. The average molecular weight is 645 g/mol. The van der Waals surface area contributed by atoms with Gasteiger partial charge in [-0.2, -0.15) is 0 Å². The van der Waals surface area contributed by atoms with Crippen LogP contribution in [-0.4, -0.2) is 42.6 Å². The minimum absolute atomic E-state index is 0.0573. The van der Waals surface area contributed by atoms with Crippen molar-refractivity contribution < 1.29 is 20.4 Å². The predicted octanol–water partition coefficient (Wildman–Crippen LogP) is 9.04. The minimum Gasteiger partial charge on any atom is -0.512 e. The van der Waals surface area contributed by atoms with E-state index in [9.17, 15) is 20.4 Å². The van der Waals surface area contributed by atoms with Crippen LogP contribution in [0.25, 0.3) is 22.3 Å². The van der Waals surface area contributed by atoms with E-state index in [0.717, 1.165) is 47.2 Å². The fourth-order valence-corrected chi connectivity index (χ4v) is 7.35. The van der Waals surface area contributed by atoms with Crippen LogP contribution in [0.3, 0.4) is 0 Å². The van der Waals surface area contributed by atoms with Gasteiger partial charge >= 0.3 is 0 Å². The van der Waals surface area contributed by atoms with Gasteiger partial charge in [0, 0.05) is 23.0 Å². The molecule has 0 fully saturated rings. The number of nitrogens with zero attached hydrogens (tertiary/aromatic N) is 2. The molecule has 3 aliphatic carbocycles. The summed E-state index contributed by atoms with van der Waals surface area (Å²) in [5.41, 5.74) is 8.03. The third kappa shape index (κ3) is 6.83. The Morgan fingerprint density at radius 2 is 1.71 bits per heavy atom. The van der Waals surface area contributed by atoms with Gasteiger partial charge in [0.15, 0.2) is 5.82 Å². The summed E-state index contributed by atoms with van der Waals surface area (Å²) in [7, 11) is 0.